The van der Waals surface area contributed by atoms with Gasteiger partial charge in [0.25, 0.3) is 11.5 Å². The van der Waals surface area contributed by atoms with Gasteiger partial charge in [0, 0.05) is 22.6 Å². The van der Waals surface area contributed by atoms with Crippen molar-refractivity contribution < 1.29 is 28.9 Å². The van der Waals surface area contributed by atoms with E-state index in [0.717, 1.165) is 22.6 Å². The Morgan fingerprint density at radius 3 is 2.84 bits per heavy atom. The summed E-state index contributed by atoms with van der Waals surface area (Å²) in [7, 11) is 0. The molecule has 9 nitrogen and oxygen atoms in total. The standard InChI is InChI=1S/C28H26FN3O6/c1-4-21(33)25(34)31-18-7-6-13-12(3)17(29)9-19-22(13)23(18)14-10-32-20(24(14)30-19)8-16-15(26(32)35)11-38-27(36)28(16,37)5-2/h4,8-9,18,21,33,37H,1,5-7,10-11H2,2-3H3,(H,31,34)/t18-,21-,28-/m0/s1. The molecule has 0 unspecified atom stereocenters. The van der Waals surface area contributed by atoms with E-state index in [1.165, 1.54) is 10.6 Å². The van der Waals surface area contributed by atoms with E-state index in [4.69, 9.17) is 9.72 Å². The normalized spacial score (nSPS) is 21.8. The van der Waals surface area contributed by atoms with E-state index >= 15 is 0 Å². The van der Waals surface area contributed by atoms with Gasteiger partial charge in [-0.2, -0.15) is 0 Å². The number of fused-ring (bicyclic) bond motifs is 5. The molecule has 10 heteroatoms. The second-order valence-electron chi connectivity index (χ2n) is 10.1. The van der Waals surface area contributed by atoms with Crippen molar-refractivity contribution in [1.82, 2.24) is 14.9 Å². The predicted molar refractivity (Wildman–Crippen MR) is 135 cm³/mol. The minimum absolute atomic E-state index is 0.0125. The SMILES string of the molecule is C=C[C@H](O)C(=O)N[C@H]1CCc2c(C)c(F)cc3nc4c(c1c23)Cn1c-4cc2c(c1=O)COC(=O)[C@]2(O)CC. The minimum atomic E-state index is -1.97. The number of aromatic nitrogens is 2. The van der Waals surface area contributed by atoms with Gasteiger partial charge in [0.05, 0.1) is 35.1 Å². The van der Waals surface area contributed by atoms with Crippen LogP contribution in [-0.2, 0) is 39.5 Å². The largest absolute Gasteiger partial charge is 0.458 e. The molecule has 3 atom stereocenters. The van der Waals surface area contributed by atoms with Crippen molar-refractivity contribution in [1.29, 1.82) is 0 Å². The Morgan fingerprint density at radius 1 is 1.37 bits per heavy atom. The van der Waals surface area contributed by atoms with Crippen molar-refractivity contribution in [2.75, 3.05) is 0 Å². The summed E-state index contributed by atoms with van der Waals surface area (Å²) in [5.41, 5.74) is 1.91. The molecule has 0 saturated heterocycles. The Bertz CT molecular complexity index is 1660. The molecule has 3 N–H and O–H groups in total. The number of pyridine rings is 2. The zero-order chi connectivity index (χ0) is 27.1. The number of cyclic esters (lactones) is 1. The highest BCUT2D eigenvalue weighted by molar-refractivity contribution is 5.94. The number of hydrogen-bond acceptors (Lipinski definition) is 7. The maximum atomic E-state index is 14.9. The zero-order valence-electron chi connectivity index (χ0n) is 20.9. The van der Waals surface area contributed by atoms with Crippen LogP contribution >= 0.6 is 0 Å². The number of benzene rings is 1. The van der Waals surface area contributed by atoms with Gasteiger partial charge >= 0.3 is 5.97 Å². The Hall–Kier alpha value is -3.89. The number of esters is 1. The van der Waals surface area contributed by atoms with Crippen molar-refractivity contribution in [3.05, 3.63) is 74.3 Å². The first kappa shape index (κ1) is 24.4. The average molecular weight is 520 g/mol. The van der Waals surface area contributed by atoms with E-state index in [0.29, 0.717) is 40.9 Å². The molecule has 1 aliphatic carbocycles. The van der Waals surface area contributed by atoms with Crippen LogP contribution in [0.15, 0.2) is 29.6 Å². The lowest BCUT2D eigenvalue weighted by Crippen LogP contribution is -2.44. The van der Waals surface area contributed by atoms with Crippen molar-refractivity contribution in [2.45, 2.75) is 64.0 Å². The van der Waals surface area contributed by atoms with Crippen LogP contribution in [0.4, 0.5) is 4.39 Å². The number of amides is 1. The highest BCUT2D eigenvalue weighted by Gasteiger charge is 2.46. The van der Waals surface area contributed by atoms with Crippen LogP contribution in [0, 0.1) is 12.7 Å². The summed E-state index contributed by atoms with van der Waals surface area (Å²) in [6.07, 6.45) is 0.701. The van der Waals surface area contributed by atoms with Gasteiger partial charge in [-0.1, -0.05) is 19.6 Å². The first-order valence-corrected chi connectivity index (χ1v) is 12.5. The number of carbonyl (C=O) groups excluding carboxylic acids is 2. The summed E-state index contributed by atoms with van der Waals surface area (Å²) >= 11 is 0. The summed E-state index contributed by atoms with van der Waals surface area (Å²) in [4.78, 5) is 43.5. The molecule has 4 heterocycles. The highest BCUT2D eigenvalue weighted by atomic mass is 19.1. The van der Waals surface area contributed by atoms with Gasteiger partial charge in [0.2, 0.25) is 0 Å². The van der Waals surface area contributed by atoms with E-state index in [-0.39, 0.29) is 30.7 Å². The monoisotopic (exact) mass is 519 g/mol. The first-order chi connectivity index (χ1) is 18.1. The van der Waals surface area contributed by atoms with E-state index in [1.807, 2.05) is 0 Å². The quantitative estimate of drug-likeness (QED) is 0.278. The fourth-order valence-corrected chi connectivity index (χ4v) is 6.06. The number of ether oxygens (including phenoxy) is 1. The molecule has 2 aromatic heterocycles. The Balaban J connectivity index is 1.63. The van der Waals surface area contributed by atoms with Gasteiger partial charge in [-0.25, -0.2) is 14.2 Å². The summed E-state index contributed by atoms with van der Waals surface area (Å²) < 4.78 is 21.6. The number of carbonyl (C=O) groups is 2. The van der Waals surface area contributed by atoms with E-state index < -0.39 is 41.0 Å². The van der Waals surface area contributed by atoms with Crippen LogP contribution in [-0.4, -0.2) is 37.7 Å². The molecular formula is C28H26FN3O6. The molecule has 1 aromatic carbocycles. The van der Waals surface area contributed by atoms with Crippen molar-refractivity contribution >= 4 is 22.8 Å². The molecule has 0 bridgehead atoms. The van der Waals surface area contributed by atoms with Crippen molar-refractivity contribution in [3.8, 4) is 11.4 Å². The van der Waals surface area contributed by atoms with Gasteiger partial charge in [-0.05, 0) is 48.9 Å². The molecule has 0 fully saturated rings. The summed E-state index contributed by atoms with van der Waals surface area (Å²) in [5.74, 6) is -1.83. The van der Waals surface area contributed by atoms with Crippen LogP contribution in [0.25, 0.3) is 22.3 Å². The minimum Gasteiger partial charge on any atom is -0.458 e. The first-order valence-electron chi connectivity index (χ1n) is 12.5. The number of aliphatic hydroxyl groups is 2. The van der Waals surface area contributed by atoms with Gasteiger partial charge in [0.15, 0.2) is 11.7 Å². The Kier molecular flexibility index (Phi) is 5.34. The average Bonchev–Trinajstić information content (AvgIpc) is 3.28. The lowest BCUT2D eigenvalue weighted by Gasteiger charge is -2.31. The van der Waals surface area contributed by atoms with Gasteiger partial charge < -0.3 is 24.8 Å². The molecule has 3 aliphatic rings. The second kappa shape index (κ2) is 8.31. The molecular weight excluding hydrogens is 493 g/mol. The molecule has 196 valence electrons. The van der Waals surface area contributed by atoms with Crippen LogP contribution < -0.4 is 10.9 Å². The Morgan fingerprint density at radius 2 is 2.13 bits per heavy atom. The lowest BCUT2D eigenvalue weighted by atomic mass is 9.81. The van der Waals surface area contributed by atoms with E-state index in [9.17, 15) is 29.0 Å². The van der Waals surface area contributed by atoms with Crippen molar-refractivity contribution in [3.63, 3.8) is 0 Å². The number of nitrogens with zero attached hydrogens (tertiary/aromatic N) is 2. The Labute approximate surface area is 216 Å². The fraction of sp³-hybridized carbons (Fsp3) is 0.357. The second-order valence-corrected chi connectivity index (χ2v) is 10.1. The summed E-state index contributed by atoms with van der Waals surface area (Å²) in [6.45, 7) is 6.69. The summed E-state index contributed by atoms with van der Waals surface area (Å²) in [6, 6.07) is 2.42. The molecule has 0 radical (unpaired) electrons. The van der Waals surface area contributed by atoms with Crippen LogP contribution in [0.1, 0.15) is 59.2 Å². The van der Waals surface area contributed by atoms with Crippen LogP contribution in [0.5, 0.6) is 0 Å². The van der Waals surface area contributed by atoms with Gasteiger partial charge in [-0.15, -0.1) is 0 Å². The highest BCUT2D eigenvalue weighted by Crippen LogP contribution is 2.45. The molecule has 2 aliphatic heterocycles. The van der Waals surface area contributed by atoms with Crippen LogP contribution in [0.3, 0.4) is 0 Å². The van der Waals surface area contributed by atoms with Crippen LogP contribution in [0.2, 0.25) is 0 Å². The van der Waals surface area contributed by atoms with Gasteiger partial charge in [-0.3, -0.25) is 9.59 Å². The van der Waals surface area contributed by atoms with Crippen molar-refractivity contribution in [2.24, 2.45) is 0 Å². The van der Waals surface area contributed by atoms with E-state index in [2.05, 4.69) is 11.9 Å². The third kappa shape index (κ3) is 3.16. The third-order valence-electron chi connectivity index (χ3n) is 8.19. The fourth-order valence-electron chi connectivity index (χ4n) is 6.06. The number of aryl methyl sites for hydroxylation is 1. The van der Waals surface area contributed by atoms with Gasteiger partial charge in [0.1, 0.15) is 12.4 Å². The molecule has 38 heavy (non-hydrogen) atoms. The molecule has 3 aromatic rings. The predicted octanol–water partition coefficient (Wildman–Crippen LogP) is 2.18. The maximum absolute atomic E-state index is 14.9. The van der Waals surface area contributed by atoms with E-state index in [1.54, 1.807) is 19.9 Å². The smallest absolute Gasteiger partial charge is 0.343 e. The number of halogens is 1. The lowest BCUT2D eigenvalue weighted by molar-refractivity contribution is -0.172. The number of rotatable bonds is 4. The third-order valence-corrected chi connectivity index (χ3v) is 8.19. The topological polar surface area (TPSA) is 131 Å². The molecule has 0 spiro atoms. The number of aliphatic hydroxyl groups excluding tert-OH is 1. The maximum Gasteiger partial charge on any atom is 0.343 e. The number of hydrogen-bond donors (Lipinski definition) is 3. The molecule has 6 rings (SSSR count). The zero-order valence-corrected chi connectivity index (χ0v) is 20.9. The number of nitrogens with one attached hydrogen (secondary N) is 1. The molecule has 0 saturated carbocycles. The summed E-state index contributed by atoms with van der Waals surface area (Å²) in [5, 5.41) is 24.8. The molecule has 1 amide bonds.